The number of thioether (sulfide) groups is 1. The van der Waals surface area contributed by atoms with Crippen molar-refractivity contribution in [3.05, 3.63) is 0 Å². The molecule has 1 aliphatic heterocycles. The number of carbonyl (C=O) groups is 1. The van der Waals surface area contributed by atoms with Crippen LogP contribution in [0, 0.1) is 5.92 Å². The molecule has 0 saturated carbocycles. The van der Waals surface area contributed by atoms with Crippen LogP contribution in [0.1, 0.15) is 33.1 Å². The van der Waals surface area contributed by atoms with Gasteiger partial charge in [0.2, 0.25) is 11.0 Å². The predicted molar refractivity (Wildman–Crippen MR) is 95.2 cm³/mol. The summed E-state index contributed by atoms with van der Waals surface area (Å²) in [6.45, 7) is 8.32. The van der Waals surface area contributed by atoms with E-state index in [0.29, 0.717) is 11.7 Å². The molecule has 2 heterocycles. The normalized spacial score (nSPS) is 18.2. The van der Waals surface area contributed by atoms with Crippen molar-refractivity contribution in [2.24, 2.45) is 5.92 Å². The van der Waals surface area contributed by atoms with Gasteiger partial charge in [-0.05, 0) is 32.1 Å². The lowest BCUT2D eigenvalue weighted by Crippen LogP contribution is -2.40. The highest BCUT2D eigenvalue weighted by atomic mass is 32.2. The van der Waals surface area contributed by atoms with Gasteiger partial charge in [0.15, 0.2) is 4.34 Å². The summed E-state index contributed by atoms with van der Waals surface area (Å²) in [5.41, 5.74) is 0. The Morgan fingerprint density at radius 3 is 3.17 bits per heavy atom. The van der Waals surface area contributed by atoms with E-state index in [1.165, 1.54) is 29.5 Å². The highest BCUT2D eigenvalue weighted by Crippen LogP contribution is 2.26. The van der Waals surface area contributed by atoms with Gasteiger partial charge in [0.05, 0.1) is 5.75 Å². The predicted octanol–water partition coefficient (Wildman–Crippen LogP) is 2.73. The first kappa shape index (κ1) is 18.5. The Bertz CT molecular complexity index is 484. The fraction of sp³-hybridized carbons (Fsp3) is 0.800. The highest BCUT2D eigenvalue weighted by molar-refractivity contribution is 8.01. The van der Waals surface area contributed by atoms with Crippen LogP contribution in [0.4, 0.5) is 5.13 Å². The largest absolute Gasteiger partial charge is 0.382 e. The quantitative estimate of drug-likeness (QED) is 0.541. The second-order valence-electron chi connectivity index (χ2n) is 5.73. The van der Waals surface area contributed by atoms with Crippen LogP contribution in [0.2, 0.25) is 0 Å². The fourth-order valence-corrected chi connectivity index (χ4v) is 4.16. The summed E-state index contributed by atoms with van der Waals surface area (Å²) in [5, 5.41) is 12.3. The molecule has 1 amide bonds. The van der Waals surface area contributed by atoms with Crippen LogP contribution in [0.15, 0.2) is 4.34 Å². The molecule has 1 fully saturated rings. The van der Waals surface area contributed by atoms with Gasteiger partial charge in [-0.3, -0.25) is 4.79 Å². The Balaban J connectivity index is 1.66. The highest BCUT2D eigenvalue weighted by Gasteiger charge is 2.21. The van der Waals surface area contributed by atoms with Gasteiger partial charge in [-0.25, -0.2) is 0 Å². The Morgan fingerprint density at radius 2 is 2.39 bits per heavy atom. The van der Waals surface area contributed by atoms with E-state index < -0.39 is 0 Å². The summed E-state index contributed by atoms with van der Waals surface area (Å²) in [6.07, 6.45) is 3.29. The molecule has 1 aromatic rings. The van der Waals surface area contributed by atoms with E-state index in [4.69, 9.17) is 4.74 Å². The minimum absolute atomic E-state index is 0.211. The van der Waals surface area contributed by atoms with Crippen molar-refractivity contribution >= 4 is 34.1 Å². The molecule has 130 valence electrons. The van der Waals surface area contributed by atoms with Crippen molar-refractivity contribution in [3.63, 3.8) is 0 Å². The Hall–Kier alpha value is -0.860. The number of hydrogen-bond donors (Lipinski definition) is 1. The molecule has 23 heavy (non-hydrogen) atoms. The van der Waals surface area contributed by atoms with Crippen molar-refractivity contribution in [1.29, 1.82) is 0 Å². The maximum atomic E-state index is 12.2. The van der Waals surface area contributed by atoms with Gasteiger partial charge in [0, 0.05) is 32.8 Å². The molecule has 1 saturated heterocycles. The van der Waals surface area contributed by atoms with Crippen molar-refractivity contribution < 1.29 is 9.53 Å². The zero-order valence-corrected chi connectivity index (χ0v) is 15.5. The Morgan fingerprint density at radius 1 is 1.52 bits per heavy atom. The first-order valence-corrected chi connectivity index (χ1v) is 10.0. The van der Waals surface area contributed by atoms with Gasteiger partial charge in [-0.2, -0.15) is 0 Å². The summed E-state index contributed by atoms with van der Waals surface area (Å²) >= 11 is 2.98. The molecule has 0 spiro atoms. The van der Waals surface area contributed by atoms with Crippen molar-refractivity contribution in [1.82, 2.24) is 15.1 Å². The number of likely N-dealkylation sites (tertiary alicyclic amines) is 1. The molecule has 1 aromatic heterocycles. The molecule has 1 aliphatic rings. The molecule has 0 aliphatic carbocycles. The number of nitrogens with one attached hydrogen (secondary N) is 1. The summed E-state index contributed by atoms with van der Waals surface area (Å²) in [6, 6.07) is 0. The number of rotatable bonds is 9. The van der Waals surface area contributed by atoms with Crippen LogP contribution < -0.4 is 5.32 Å². The van der Waals surface area contributed by atoms with Crippen molar-refractivity contribution in [2.45, 2.75) is 37.4 Å². The first-order chi connectivity index (χ1) is 11.2. The molecule has 1 N–H and O–H groups in total. The topological polar surface area (TPSA) is 67.3 Å². The van der Waals surface area contributed by atoms with E-state index in [2.05, 4.69) is 22.4 Å². The van der Waals surface area contributed by atoms with Gasteiger partial charge >= 0.3 is 0 Å². The lowest BCUT2D eigenvalue weighted by molar-refractivity contribution is -0.130. The fourth-order valence-electron chi connectivity index (χ4n) is 2.48. The number of amides is 1. The Labute approximate surface area is 146 Å². The molecule has 8 heteroatoms. The smallest absolute Gasteiger partial charge is 0.233 e. The van der Waals surface area contributed by atoms with Gasteiger partial charge in [0.25, 0.3) is 0 Å². The number of hydrogen-bond acceptors (Lipinski definition) is 7. The van der Waals surface area contributed by atoms with Gasteiger partial charge < -0.3 is 15.0 Å². The van der Waals surface area contributed by atoms with Crippen molar-refractivity contribution in [2.75, 3.05) is 43.9 Å². The van der Waals surface area contributed by atoms with E-state index in [1.54, 1.807) is 0 Å². The number of carbonyl (C=O) groups excluding carboxylic acids is 1. The van der Waals surface area contributed by atoms with Crippen LogP contribution in [-0.4, -0.2) is 59.6 Å². The average Bonchev–Trinajstić information content (AvgIpc) is 3.00. The number of nitrogens with zero attached hydrogens (tertiary/aromatic N) is 3. The van der Waals surface area contributed by atoms with Gasteiger partial charge in [-0.15, -0.1) is 10.2 Å². The molecular weight excluding hydrogens is 332 g/mol. The van der Waals surface area contributed by atoms with E-state index >= 15 is 0 Å². The summed E-state index contributed by atoms with van der Waals surface area (Å²) in [5.74, 6) is 1.28. The van der Waals surface area contributed by atoms with Crippen LogP contribution in [-0.2, 0) is 9.53 Å². The first-order valence-electron chi connectivity index (χ1n) is 8.24. The van der Waals surface area contributed by atoms with Crippen LogP contribution >= 0.6 is 23.1 Å². The summed E-state index contributed by atoms with van der Waals surface area (Å²) < 4.78 is 6.13. The number of piperidine rings is 1. The van der Waals surface area contributed by atoms with E-state index in [1.807, 2.05) is 11.8 Å². The van der Waals surface area contributed by atoms with E-state index in [9.17, 15) is 4.79 Å². The summed E-state index contributed by atoms with van der Waals surface area (Å²) in [7, 11) is 0. The minimum Gasteiger partial charge on any atom is -0.382 e. The van der Waals surface area contributed by atoms with E-state index in [-0.39, 0.29) is 5.91 Å². The van der Waals surface area contributed by atoms with Crippen LogP contribution in [0.25, 0.3) is 0 Å². The van der Waals surface area contributed by atoms with Crippen LogP contribution in [0.5, 0.6) is 0 Å². The maximum Gasteiger partial charge on any atom is 0.233 e. The van der Waals surface area contributed by atoms with Crippen molar-refractivity contribution in [3.8, 4) is 0 Å². The Kier molecular flexibility index (Phi) is 8.11. The third kappa shape index (κ3) is 6.64. The third-order valence-electron chi connectivity index (χ3n) is 3.68. The molecule has 0 radical (unpaired) electrons. The monoisotopic (exact) mass is 358 g/mol. The minimum atomic E-state index is 0.211. The van der Waals surface area contributed by atoms with E-state index in [0.717, 1.165) is 55.2 Å². The number of anilines is 1. The van der Waals surface area contributed by atoms with Gasteiger partial charge in [0.1, 0.15) is 0 Å². The van der Waals surface area contributed by atoms with Gasteiger partial charge in [-0.1, -0.05) is 30.0 Å². The third-order valence-corrected chi connectivity index (χ3v) is 5.68. The lowest BCUT2D eigenvalue weighted by Gasteiger charge is -2.30. The molecule has 1 atom stereocenters. The second kappa shape index (κ2) is 10.1. The molecule has 0 aromatic carbocycles. The molecule has 0 bridgehead atoms. The molecule has 2 rings (SSSR count). The standard InChI is InChI=1S/C15H26N4O2S2/c1-3-21-9-5-7-16-14-17-18-15(23-14)22-11-13(20)19-8-4-6-12(2)10-19/h12H,3-11H2,1-2H3,(H,16,17). The number of ether oxygens (including phenoxy) is 1. The number of aromatic nitrogens is 2. The molecule has 6 nitrogen and oxygen atoms in total. The lowest BCUT2D eigenvalue weighted by atomic mass is 10.0. The zero-order chi connectivity index (χ0) is 16.5. The zero-order valence-electron chi connectivity index (χ0n) is 13.9. The molecular formula is C15H26N4O2S2. The average molecular weight is 359 g/mol. The second-order valence-corrected chi connectivity index (χ2v) is 7.93. The SMILES string of the molecule is CCOCCCNc1nnc(SCC(=O)N2CCCC(C)C2)s1. The summed E-state index contributed by atoms with van der Waals surface area (Å²) in [4.78, 5) is 14.2. The maximum absolute atomic E-state index is 12.2. The molecule has 1 unspecified atom stereocenters. The van der Waals surface area contributed by atoms with Crippen LogP contribution in [0.3, 0.4) is 0 Å².